The lowest BCUT2D eigenvalue weighted by Crippen LogP contribution is -2.30. The minimum absolute atomic E-state index is 0.0339. The van der Waals surface area contributed by atoms with E-state index in [2.05, 4.69) is 4.98 Å². The number of hydrogen-bond donors (Lipinski definition) is 1. The quantitative estimate of drug-likeness (QED) is 0.307. The van der Waals surface area contributed by atoms with Crippen LogP contribution in [0.2, 0.25) is 0 Å². The summed E-state index contributed by atoms with van der Waals surface area (Å²) in [5.41, 5.74) is 2.04. The number of imidazole rings is 1. The topological polar surface area (TPSA) is 129 Å². The van der Waals surface area contributed by atoms with Crippen LogP contribution in [0.4, 0.5) is 0 Å². The third-order valence-corrected chi connectivity index (χ3v) is 6.54. The molecule has 0 saturated heterocycles. The monoisotopic (exact) mass is 495 g/mol. The van der Waals surface area contributed by atoms with Gasteiger partial charge in [-0.3, -0.25) is 4.79 Å². The number of likely N-dealkylation sites (N-methyl/N-ethyl adjacent to an activating group) is 1. The molecule has 3 aromatic rings. The average molecular weight is 495 g/mol. The van der Waals surface area contributed by atoms with Crippen molar-refractivity contribution in [2.75, 3.05) is 27.3 Å². The summed E-state index contributed by atoms with van der Waals surface area (Å²) < 4.78 is 23.8. The van der Waals surface area contributed by atoms with Gasteiger partial charge in [0.15, 0.2) is 23.4 Å². The molecule has 1 aliphatic carbocycles. The van der Waals surface area contributed by atoms with Gasteiger partial charge in [0.25, 0.3) is 5.91 Å². The number of benzene rings is 2. The highest BCUT2D eigenvalue weighted by Crippen LogP contribution is 2.50. The molecule has 2 unspecified atom stereocenters. The highest BCUT2D eigenvalue weighted by atomic mass is 16.6. The van der Waals surface area contributed by atoms with Crippen LogP contribution in [-0.2, 0) is 27.8 Å². The molecule has 0 fully saturated rings. The predicted octanol–water partition coefficient (Wildman–Crippen LogP) is 1.46. The molecule has 0 radical (unpaired) electrons. The van der Waals surface area contributed by atoms with Crippen molar-refractivity contribution < 1.29 is 38.4 Å². The number of fused-ring (bicyclic) bond motifs is 5. The largest absolute Gasteiger partial charge is 0.477 e. The molecule has 2 atom stereocenters. The van der Waals surface area contributed by atoms with Crippen molar-refractivity contribution in [3.63, 3.8) is 0 Å². The summed E-state index contributed by atoms with van der Waals surface area (Å²) in [7, 11) is 4.75. The molecule has 36 heavy (non-hydrogen) atoms. The van der Waals surface area contributed by atoms with Crippen molar-refractivity contribution in [3.05, 3.63) is 46.8 Å². The van der Waals surface area contributed by atoms with Gasteiger partial charge >= 0.3 is 11.9 Å². The molecule has 1 aliphatic heterocycles. The third kappa shape index (κ3) is 3.67. The molecule has 1 aromatic heterocycles. The number of methoxy groups -OCH3 is 1. The van der Waals surface area contributed by atoms with Gasteiger partial charge in [0, 0.05) is 34.2 Å². The second kappa shape index (κ2) is 8.92. The summed E-state index contributed by atoms with van der Waals surface area (Å²) in [5.74, 6) is -3.07. The Morgan fingerprint density at radius 1 is 1.22 bits per heavy atom. The smallest absolute Gasteiger partial charge is 0.423 e. The van der Waals surface area contributed by atoms with Crippen LogP contribution in [0.1, 0.15) is 33.4 Å². The first-order valence-corrected chi connectivity index (χ1v) is 11.4. The maximum atomic E-state index is 13.6. The fourth-order valence-corrected chi connectivity index (χ4v) is 4.57. The number of hydrogen-bond acceptors (Lipinski definition) is 9. The number of ether oxygens (including phenoxy) is 4. The normalized spacial score (nSPS) is 18.5. The summed E-state index contributed by atoms with van der Waals surface area (Å²) in [6, 6.07) is 7.44. The lowest BCUT2D eigenvalue weighted by Gasteiger charge is -2.23. The molecule has 1 N–H and O–H groups in total. The molecule has 0 saturated carbocycles. The standard InChI is InChI=1S/C25H25N3O8/c1-12-26-17-18(28(12)3)20-16(23(30)27(2)9-10-33-4)21(36-25(32)24(31)35-20)22(17)34-19-14-8-6-5-7-13(14)11-15(19)29/h5-8,15,19,29H,9-11H2,1-4H3. The van der Waals surface area contributed by atoms with E-state index in [-0.39, 0.29) is 47.0 Å². The van der Waals surface area contributed by atoms with E-state index in [9.17, 15) is 19.5 Å². The van der Waals surface area contributed by atoms with Gasteiger partial charge in [0.1, 0.15) is 22.4 Å². The van der Waals surface area contributed by atoms with Crippen LogP contribution < -0.4 is 14.2 Å². The highest BCUT2D eigenvalue weighted by molar-refractivity contribution is 6.32. The molecule has 2 heterocycles. The number of aromatic nitrogens is 2. The number of carbonyl (C=O) groups is 3. The predicted molar refractivity (Wildman–Crippen MR) is 125 cm³/mol. The molecule has 5 rings (SSSR count). The fourth-order valence-electron chi connectivity index (χ4n) is 4.57. The first-order chi connectivity index (χ1) is 17.2. The van der Waals surface area contributed by atoms with Crippen LogP contribution in [0.5, 0.6) is 17.2 Å². The number of rotatable bonds is 6. The lowest BCUT2D eigenvalue weighted by atomic mass is 10.1. The second-order valence-electron chi connectivity index (χ2n) is 8.78. The van der Waals surface area contributed by atoms with E-state index in [1.807, 2.05) is 24.3 Å². The van der Waals surface area contributed by atoms with E-state index >= 15 is 0 Å². The zero-order chi connectivity index (χ0) is 25.7. The summed E-state index contributed by atoms with van der Waals surface area (Å²) in [4.78, 5) is 44.5. The number of amides is 1. The van der Waals surface area contributed by atoms with Gasteiger partial charge in [-0.15, -0.1) is 0 Å². The van der Waals surface area contributed by atoms with Crippen molar-refractivity contribution >= 4 is 28.9 Å². The Kier molecular flexibility index (Phi) is 5.89. The Bertz CT molecular complexity index is 1410. The number of nitrogens with zero attached hydrogens (tertiary/aromatic N) is 3. The number of carbonyl (C=O) groups excluding carboxylic acids is 3. The molecule has 2 aliphatic rings. The minimum Gasteiger partial charge on any atom is -0.477 e. The van der Waals surface area contributed by atoms with Gasteiger partial charge in [-0.2, -0.15) is 0 Å². The van der Waals surface area contributed by atoms with Crippen LogP contribution in [0.25, 0.3) is 11.0 Å². The van der Waals surface area contributed by atoms with Crippen molar-refractivity contribution in [1.29, 1.82) is 0 Å². The number of aliphatic hydroxyl groups is 1. The van der Waals surface area contributed by atoms with E-state index in [0.29, 0.717) is 12.2 Å². The number of aryl methyl sites for hydroxylation is 2. The Morgan fingerprint density at radius 3 is 2.64 bits per heavy atom. The molecule has 11 heteroatoms. The minimum atomic E-state index is -1.30. The zero-order valence-corrected chi connectivity index (χ0v) is 20.2. The summed E-state index contributed by atoms with van der Waals surface area (Å²) in [6.45, 7) is 2.22. The van der Waals surface area contributed by atoms with Crippen LogP contribution in [-0.4, -0.2) is 70.8 Å². The highest BCUT2D eigenvalue weighted by Gasteiger charge is 2.41. The Morgan fingerprint density at radius 2 is 1.92 bits per heavy atom. The van der Waals surface area contributed by atoms with Crippen LogP contribution in [0.15, 0.2) is 24.3 Å². The SMILES string of the molecule is COCCN(C)C(=O)c1c2c(OC3c4ccccc4CC3O)c3nc(C)n(C)c3c1OC(=O)C(=O)O2. The second-order valence-corrected chi connectivity index (χ2v) is 8.78. The van der Waals surface area contributed by atoms with Gasteiger partial charge in [-0.05, 0) is 18.1 Å². The number of esters is 2. The van der Waals surface area contributed by atoms with Crippen molar-refractivity contribution in [2.45, 2.75) is 25.6 Å². The van der Waals surface area contributed by atoms with Gasteiger partial charge in [0.05, 0.1) is 12.7 Å². The molecular formula is C25H25N3O8. The third-order valence-electron chi connectivity index (χ3n) is 6.54. The zero-order valence-electron chi connectivity index (χ0n) is 20.2. The first-order valence-electron chi connectivity index (χ1n) is 11.4. The van der Waals surface area contributed by atoms with Crippen LogP contribution in [0.3, 0.4) is 0 Å². The maximum absolute atomic E-state index is 13.6. The molecule has 188 valence electrons. The summed E-state index contributed by atoms with van der Waals surface area (Å²) >= 11 is 0. The van der Waals surface area contributed by atoms with Crippen LogP contribution >= 0.6 is 0 Å². The van der Waals surface area contributed by atoms with Crippen LogP contribution in [0, 0.1) is 6.92 Å². The summed E-state index contributed by atoms with van der Waals surface area (Å²) in [6.07, 6.45) is -1.34. The van der Waals surface area contributed by atoms with Crippen molar-refractivity contribution in [3.8, 4) is 17.2 Å². The van der Waals surface area contributed by atoms with E-state index in [0.717, 1.165) is 11.1 Å². The molecule has 11 nitrogen and oxygen atoms in total. The fraction of sp³-hybridized carbons (Fsp3) is 0.360. The van der Waals surface area contributed by atoms with Gasteiger partial charge in [-0.1, -0.05) is 24.3 Å². The van der Waals surface area contributed by atoms with Gasteiger partial charge in [-0.25, -0.2) is 14.6 Å². The van der Waals surface area contributed by atoms with E-state index < -0.39 is 30.1 Å². The van der Waals surface area contributed by atoms with E-state index in [1.165, 1.54) is 12.0 Å². The first kappa shape index (κ1) is 23.8. The molecule has 2 aromatic carbocycles. The molecule has 2 bridgehead atoms. The number of aliphatic hydroxyl groups excluding tert-OH is 1. The Labute approximate surface area is 206 Å². The molecule has 1 amide bonds. The Balaban J connectivity index is 1.76. The maximum Gasteiger partial charge on any atom is 0.423 e. The van der Waals surface area contributed by atoms with Gasteiger partial charge < -0.3 is 33.5 Å². The van der Waals surface area contributed by atoms with Gasteiger partial charge in [0.2, 0.25) is 0 Å². The van der Waals surface area contributed by atoms with Crippen molar-refractivity contribution in [1.82, 2.24) is 14.5 Å². The summed E-state index contributed by atoms with van der Waals surface area (Å²) in [5, 5.41) is 10.8. The average Bonchev–Trinajstić information content (AvgIpc) is 3.30. The molecule has 0 spiro atoms. The van der Waals surface area contributed by atoms with E-state index in [1.54, 1.807) is 25.6 Å². The van der Waals surface area contributed by atoms with E-state index in [4.69, 9.17) is 18.9 Å². The molecular weight excluding hydrogens is 470 g/mol. The van der Waals surface area contributed by atoms with Crippen molar-refractivity contribution in [2.24, 2.45) is 7.05 Å². The Hall–Kier alpha value is -3.96. The lowest BCUT2D eigenvalue weighted by molar-refractivity contribution is -0.155.